The first-order chi connectivity index (χ1) is 9.67. The van der Waals surface area contributed by atoms with Gasteiger partial charge in [0.1, 0.15) is 5.82 Å². The van der Waals surface area contributed by atoms with Gasteiger partial charge in [0, 0.05) is 27.7 Å². The molecule has 0 saturated heterocycles. The van der Waals surface area contributed by atoms with E-state index in [9.17, 15) is 4.39 Å². The van der Waals surface area contributed by atoms with Crippen molar-refractivity contribution < 1.29 is 4.39 Å². The van der Waals surface area contributed by atoms with Crippen LogP contribution in [0.3, 0.4) is 0 Å². The number of rotatable bonds is 2. The molecule has 4 heteroatoms. The van der Waals surface area contributed by atoms with Gasteiger partial charge in [-0.3, -0.25) is 0 Å². The fourth-order valence-corrected chi connectivity index (χ4v) is 2.42. The second-order valence-electron chi connectivity index (χ2n) is 4.56. The lowest BCUT2D eigenvalue weighted by Gasteiger charge is -2.07. The summed E-state index contributed by atoms with van der Waals surface area (Å²) in [5, 5.41) is 10.4. The topological polar surface area (TPSA) is 28.7 Å². The van der Waals surface area contributed by atoms with Crippen molar-refractivity contribution in [2.45, 2.75) is 6.54 Å². The molecule has 1 heterocycles. The van der Waals surface area contributed by atoms with Crippen LogP contribution < -0.4 is 0 Å². The first-order valence-electron chi connectivity index (χ1n) is 6.10. The predicted octanol–water partition coefficient (Wildman–Crippen LogP) is 4.35. The van der Waals surface area contributed by atoms with Crippen LogP contribution in [0.2, 0.25) is 5.02 Å². The second kappa shape index (κ2) is 4.99. The van der Waals surface area contributed by atoms with Gasteiger partial charge in [0.15, 0.2) is 0 Å². The Morgan fingerprint density at radius 2 is 2.00 bits per heavy atom. The first kappa shape index (κ1) is 12.7. The predicted molar refractivity (Wildman–Crippen MR) is 77.2 cm³/mol. The average Bonchev–Trinajstić information content (AvgIpc) is 2.83. The van der Waals surface area contributed by atoms with E-state index in [0.29, 0.717) is 22.7 Å². The maximum absolute atomic E-state index is 13.9. The lowest BCUT2D eigenvalue weighted by atomic mass is 10.1. The van der Waals surface area contributed by atoms with Crippen LogP contribution in [-0.4, -0.2) is 4.57 Å². The van der Waals surface area contributed by atoms with E-state index in [1.165, 1.54) is 6.07 Å². The van der Waals surface area contributed by atoms with Gasteiger partial charge < -0.3 is 4.57 Å². The minimum atomic E-state index is -0.361. The summed E-state index contributed by atoms with van der Waals surface area (Å²) >= 11 is 5.95. The molecule has 0 aliphatic heterocycles. The lowest BCUT2D eigenvalue weighted by molar-refractivity contribution is 0.601. The summed E-state index contributed by atoms with van der Waals surface area (Å²) in [5.41, 5.74) is 1.88. The minimum Gasteiger partial charge on any atom is -0.343 e. The molecule has 0 amide bonds. The van der Waals surface area contributed by atoms with Crippen LogP contribution >= 0.6 is 11.6 Å². The molecule has 20 heavy (non-hydrogen) atoms. The zero-order chi connectivity index (χ0) is 14.1. The highest BCUT2D eigenvalue weighted by atomic mass is 35.5. The quantitative estimate of drug-likeness (QED) is 0.687. The molecule has 0 spiro atoms. The molecule has 0 radical (unpaired) electrons. The van der Waals surface area contributed by atoms with Crippen molar-refractivity contribution in [3.05, 3.63) is 70.6 Å². The Balaban J connectivity index is 1.99. The van der Waals surface area contributed by atoms with Crippen LogP contribution in [0.5, 0.6) is 0 Å². The molecule has 0 saturated carbocycles. The van der Waals surface area contributed by atoms with Crippen molar-refractivity contribution in [2.24, 2.45) is 0 Å². The molecular weight excluding hydrogens is 275 g/mol. The van der Waals surface area contributed by atoms with Crippen molar-refractivity contribution in [3.8, 4) is 6.07 Å². The van der Waals surface area contributed by atoms with Crippen LogP contribution in [-0.2, 0) is 6.54 Å². The van der Waals surface area contributed by atoms with Crippen molar-refractivity contribution in [1.29, 1.82) is 5.26 Å². The summed E-state index contributed by atoms with van der Waals surface area (Å²) in [6.07, 6.45) is 1.90. The summed E-state index contributed by atoms with van der Waals surface area (Å²) in [6.45, 7) is 0.419. The third kappa shape index (κ3) is 2.26. The Morgan fingerprint density at radius 1 is 1.15 bits per heavy atom. The van der Waals surface area contributed by atoms with Crippen LogP contribution in [0.15, 0.2) is 48.7 Å². The second-order valence-corrected chi connectivity index (χ2v) is 5.00. The zero-order valence-electron chi connectivity index (χ0n) is 10.5. The van der Waals surface area contributed by atoms with Gasteiger partial charge in [-0.25, -0.2) is 4.39 Å². The van der Waals surface area contributed by atoms with Gasteiger partial charge in [-0.05, 0) is 36.4 Å². The minimum absolute atomic E-state index is 0.329. The molecule has 2 aromatic carbocycles. The van der Waals surface area contributed by atoms with Crippen molar-refractivity contribution >= 4 is 22.5 Å². The maximum atomic E-state index is 13.9. The molecule has 0 fully saturated rings. The number of halogens is 2. The van der Waals surface area contributed by atoms with Gasteiger partial charge >= 0.3 is 0 Å². The Hall–Kier alpha value is -2.31. The largest absolute Gasteiger partial charge is 0.343 e. The van der Waals surface area contributed by atoms with E-state index in [1.807, 2.05) is 41.1 Å². The van der Waals surface area contributed by atoms with Gasteiger partial charge in [-0.1, -0.05) is 17.7 Å². The molecular formula is C16H10ClFN2. The molecule has 2 nitrogen and oxygen atoms in total. The number of nitriles is 1. The number of hydrogen-bond donors (Lipinski definition) is 0. The van der Waals surface area contributed by atoms with Crippen LogP contribution in [0.25, 0.3) is 10.9 Å². The number of hydrogen-bond acceptors (Lipinski definition) is 1. The molecule has 0 aliphatic carbocycles. The lowest BCUT2D eigenvalue weighted by Crippen LogP contribution is -2.00. The normalized spacial score (nSPS) is 10.7. The molecule has 0 N–H and O–H groups in total. The third-order valence-corrected chi connectivity index (χ3v) is 3.49. The van der Waals surface area contributed by atoms with Crippen LogP contribution in [0.1, 0.15) is 11.1 Å². The van der Waals surface area contributed by atoms with E-state index in [0.717, 1.165) is 10.9 Å². The van der Waals surface area contributed by atoms with Gasteiger partial charge in [-0.2, -0.15) is 5.26 Å². The van der Waals surface area contributed by atoms with Crippen molar-refractivity contribution in [3.63, 3.8) is 0 Å². The maximum Gasteiger partial charge on any atom is 0.129 e. The van der Waals surface area contributed by atoms with E-state index in [4.69, 9.17) is 16.9 Å². The van der Waals surface area contributed by atoms with Gasteiger partial charge in [-0.15, -0.1) is 0 Å². The molecule has 1 aromatic heterocycles. The highest BCUT2D eigenvalue weighted by Crippen LogP contribution is 2.22. The molecule has 0 bridgehead atoms. The number of nitrogens with zero attached hydrogens (tertiary/aromatic N) is 2. The summed E-state index contributed by atoms with van der Waals surface area (Å²) in [4.78, 5) is 0. The molecule has 0 aliphatic rings. The van der Waals surface area contributed by atoms with Crippen molar-refractivity contribution in [2.75, 3.05) is 0 Å². The Labute approximate surface area is 120 Å². The van der Waals surface area contributed by atoms with E-state index in [2.05, 4.69) is 0 Å². The molecule has 3 aromatic rings. The Bertz CT molecular complexity index is 830. The molecule has 3 rings (SSSR count). The van der Waals surface area contributed by atoms with E-state index < -0.39 is 0 Å². The highest BCUT2D eigenvalue weighted by Gasteiger charge is 2.07. The van der Waals surface area contributed by atoms with Crippen molar-refractivity contribution in [1.82, 2.24) is 4.57 Å². The Morgan fingerprint density at radius 3 is 2.75 bits per heavy atom. The van der Waals surface area contributed by atoms with Gasteiger partial charge in [0.05, 0.1) is 18.2 Å². The average molecular weight is 285 g/mol. The summed E-state index contributed by atoms with van der Waals surface area (Å²) in [6, 6.07) is 14.0. The standard InChI is InChI=1S/C16H10ClFN2/c17-14-3-4-16-12(8-14)5-6-20(16)10-13-2-1-11(9-19)7-15(13)18/h1-8H,10H2. The van der Waals surface area contributed by atoms with Crippen LogP contribution in [0, 0.1) is 17.1 Å². The summed E-state index contributed by atoms with van der Waals surface area (Å²) in [7, 11) is 0. The highest BCUT2D eigenvalue weighted by molar-refractivity contribution is 6.31. The monoisotopic (exact) mass is 284 g/mol. The van der Waals surface area contributed by atoms with E-state index in [-0.39, 0.29) is 5.82 Å². The summed E-state index contributed by atoms with van der Waals surface area (Å²) in [5.74, 6) is -0.361. The van der Waals surface area contributed by atoms with E-state index >= 15 is 0 Å². The smallest absolute Gasteiger partial charge is 0.129 e. The fourth-order valence-electron chi connectivity index (χ4n) is 2.24. The molecule has 0 unspecified atom stereocenters. The molecule has 0 atom stereocenters. The zero-order valence-corrected chi connectivity index (χ0v) is 11.2. The molecule has 98 valence electrons. The number of fused-ring (bicyclic) bond motifs is 1. The Kier molecular flexibility index (Phi) is 3.17. The van der Waals surface area contributed by atoms with E-state index in [1.54, 1.807) is 12.1 Å². The van der Waals surface area contributed by atoms with Gasteiger partial charge in [0.2, 0.25) is 0 Å². The SMILES string of the molecule is N#Cc1ccc(Cn2ccc3cc(Cl)ccc32)c(F)c1. The van der Waals surface area contributed by atoms with Gasteiger partial charge in [0.25, 0.3) is 0 Å². The number of benzene rings is 2. The fraction of sp³-hybridized carbons (Fsp3) is 0.0625. The number of aromatic nitrogens is 1. The third-order valence-electron chi connectivity index (χ3n) is 3.26. The van der Waals surface area contributed by atoms with Crippen LogP contribution in [0.4, 0.5) is 4.39 Å². The summed E-state index contributed by atoms with van der Waals surface area (Å²) < 4.78 is 15.9. The first-order valence-corrected chi connectivity index (χ1v) is 6.48.